The predicted molar refractivity (Wildman–Crippen MR) is 31.4 cm³/mol. The summed E-state index contributed by atoms with van der Waals surface area (Å²) < 4.78 is 12.5. The standard InChI is InChI=1S/C5H13FN2/c1-7(2)5(6)8(3)4/h5H,1-4H3/p+1. The van der Waals surface area contributed by atoms with Gasteiger partial charge in [-0.1, -0.05) is 0 Å². The van der Waals surface area contributed by atoms with Crippen LogP contribution in [0.4, 0.5) is 4.39 Å². The normalized spacial score (nSPS) is 15.4. The molecule has 0 rings (SSSR count). The van der Waals surface area contributed by atoms with E-state index in [9.17, 15) is 4.39 Å². The Kier molecular flexibility index (Phi) is 2.94. The second kappa shape index (κ2) is 2.99. The summed E-state index contributed by atoms with van der Waals surface area (Å²) in [7, 11) is 7.00. The Bertz CT molecular complexity index is 55.4. The zero-order valence-corrected chi connectivity index (χ0v) is 5.90. The topological polar surface area (TPSA) is 7.68 Å². The molecular formula is C5H14FN2+. The van der Waals surface area contributed by atoms with Crippen molar-refractivity contribution in [3.63, 3.8) is 0 Å². The number of hydrogen-bond donors (Lipinski definition) is 1. The Morgan fingerprint density at radius 3 is 1.75 bits per heavy atom. The average molecular weight is 121 g/mol. The number of halogens is 1. The summed E-state index contributed by atoms with van der Waals surface area (Å²) in [4.78, 5) is 2.34. The summed E-state index contributed by atoms with van der Waals surface area (Å²) in [5.41, 5.74) is 0. The molecule has 0 heterocycles. The van der Waals surface area contributed by atoms with Gasteiger partial charge in [-0.05, 0) is 14.1 Å². The van der Waals surface area contributed by atoms with Crippen LogP contribution in [0.1, 0.15) is 0 Å². The van der Waals surface area contributed by atoms with E-state index in [1.807, 2.05) is 0 Å². The minimum atomic E-state index is -0.880. The second-order valence-electron chi connectivity index (χ2n) is 2.38. The molecule has 0 spiro atoms. The van der Waals surface area contributed by atoms with Gasteiger partial charge in [0.2, 0.25) is 0 Å². The highest BCUT2D eigenvalue weighted by Gasteiger charge is 2.13. The van der Waals surface area contributed by atoms with Crippen molar-refractivity contribution in [2.45, 2.75) is 6.42 Å². The van der Waals surface area contributed by atoms with Crippen molar-refractivity contribution in [1.82, 2.24) is 4.90 Å². The van der Waals surface area contributed by atoms with Crippen molar-refractivity contribution in [3.8, 4) is 0 Å². The molecule has 1 unspecified atom stereocenters. The first kappa shape index (κ1) is 7.85. The summed E-state index contributed by atoms with van der Waals surface area (Å²) in [5.74, 6) is 0. The van der Waals surface area contributed by atoms with Crippen LogP contribution in [0.3, 0.4) is 0 Å². The predicted octanol–water partition coefficient (Wildman–Crippen LogP) is -1.05. The molecule has 0 saturated carbocycles. The van der Waals surface area contributed by atoms with Gasteiger partial charge in [-0.25, -0.2) is 4.90 Å². The third kappa shape index (κ3) is 2.23. The molecule has 0 fully saturated rings. The third-order valence-electron chi connectivity index (χ3n) is 0.930. The molecule has 3 heteroatoms. The zero-order valence-electron chi connectivity index (χ0n) is 5.90. The molecule has 0 aromatic heterocycles. The summed E-state index contributed by atoms with van der Waals surface area (Å²) in [6, 6.07) is 0. The molecule has 2 nitrogen and oxygen atoms in total. The molecule has 0 aromatic carbocycles. The molecule has 0 aromatic rings. The van der Waals surface area contributed by atoms with Crippen LogP contribution in [0, 0.1) is 0 Å². The fraction of sp³-hybridized carbons (Fsp3) is 1.00. The fourth-order valence-electron chi connectivity index (χ4n) is 0.516. The van der Waals surface area contributed by atoms with Gasteiger partial charge in [0.1, 0.15) is 0 Å². The van der Waals surface area contributed by atoms with E-state index in [0.29, 0.717) is 0 Å². The molecule has 0 aliphatic heterocycles. The van der Waals surface area contributed by atoms with Crippen LogP contribution in [0.2, 0.25) is 0 Å². The van der Waals surface area contributed by atoms with E-state index in [2.05, 4.69) is 0 Å². The highest BCUT2D eigenvalue weighted by molar-refractivity contribution is 4.28. The molecule has 0 bridgehead atoms. The molecular weight excluding hydrogens is 107 g/mol. The molecule has 0 amide bonds. The SMILES string of the molecule is CN(C)C(F)[NH+](C)C. The van der Waals surface area contributed by atoms with Crippen LogP contribution < -0.4 is 4.90 Å². The summed E-state index contributed by atoms with van der Waals surface area (Å²) >= 11 is 0. The number of alkyl halides is 1. The van der Waals surface area contributed by atoms with Gasteiger partial charge in [0.25, 0.3) is 6.42 Å². The van der Waals surface area contributed by atoms with Gasteiger partial charge in [0, 0.05) is 0 Å². The lowest BCUT2D eigenvalue weighted by Gasteiger charge is -2.18. The van der Waals surface area contributed by atoms with Crippen LogP contribution in [0.5, 0.6) is 0 Å². The lowest BCUT2D eigenvalue weighted by molar-refractivity contribution is -0.915. The first-order valence-corrected chi connectivity index (χ1v) is 2.66. The minimum Gasteiger partial charge on any atom is -0.297 e. The van der Waals surface area contributed by atoms with Gasteiger partial charge in [-0.3, -0.25) is 4.90 Å². The van der Waals surface area contributed by atoms with Crippen molar-refractivity contribution in [2.24, 2.45) is 0 Å². The quantitative estimate of drug-likeness (QED) is 0.362. The van der Waals surface area contributed by atoms with Crippen LogP contribution in [-0.2, 0) is 0 Å². The van der Waals surface area contributed by atoms with Crippen LogP contribution >= 0.6 is 0 Å². The monoisotopic (exact) mass is 121 g/mol. The number of quaternary nitrogens is 1. The number of hydrogen-bond acceptors (Lipinski definition) is 1. The van der Waals surface area contributed by atoms with E-state index in [0.717, 1.165) is 4.90 Å². The third-order valence-corrected chi connectivity index (χ3v) is 0.930. The zero-order chi connectivity index (χ0) is 6.73. The lowest BCUT2D eigenvalue weighted by atomic mass is 10.7. The van der Waals surface area contributed by atoms with Gasteiger partial charge < -0.3 is 0 Å². The minimum absolute atomic E-state index is 0.801. The molecule has 1 N–H and O–H groups in total. The first-order valence-electron chi connectivity index (χ1n) is 2.66. The van der Waals surface area contributed by atoms with Gasteiger partial charge in [0.05, 0.1) is 14.1 Å². The highest BCUT2D eigenvalue weighted by Crippen LogP contribution is 1.79. The van der Waals surface area contributed by atoms with Gasteiger partial charge in [-0.2, -0.15) is 4.39 Å². The maximum Gasteiger partial charge on any atom is 0.291 e. The highest BCUT2D eigenvalue weighted by atomic mass is 19.1. The van der Waals surface area contributed by atoms with Gasteiger partial charge in [0.15, 0.2) is 0 Å². The lowest BCUT2D eigenvalue weighted by Crippen LogP contribution is -3.11. The molecule has 0 saturated heterocycles. The van der Waals surface area contributed by atoms with Crippen LogP contribution in [-0.4, -0.2) is 39.5 Å². The summed E-state index contributed by atoms with van der Waals surface area (Å²) in [5, 5.41) is 0. The van der Waals surface area contributed by atoms with Crippen molar-refractivity contribution >= 4 is 0 Å². The average Bonchev–Trinajstić information content (AvgIpc) is 1.64. The molecule has 50 valence electrons. The molecule has 0 aliphatic carbocycles. The van der Waals surface area contributed by atoms with Crippen molar-refractivity contribution in [2.75, 3.05) is 28.2 Å². The Balaban J connectivity index is 3.46. The molecule has 0 radical (unpaired) electrons. The van der Waals surface area contributed by atoms with E-state index < -0.39 is 6.42 Å². The largest absolute Gasteiger partial charge is 0.297 e. The Morgan fingerprint density at radius 2 is 1.75 bits per heavy atom. The van der Waals surface area contributed by atoms with E-state index in [4.69, 9.17) is 0 Å². The number of nitrogens with one attached hydrogen (secondary N) is 1. The van der Waals surface area contributed by atoms with Crippen molar-refractivity contribution in [1.29, 1.82) is 0 Å². The molecule has 0 aliphatic rings. The van der Waals surface area contributed by atoms with Crippen molar-refractivity contribution < 1.29 is 9.29 Å². The Labute approximate surface area is 49.9 Å². The second-order valence-corrected chi connectivity index (χ2v) is 2.38. The molecule has 1 atom stereocenters. The van der Waals surface area contributed by atoms with E-state index in [-0.39, 0.29) is 0 Å². The fourth-order valence-corrected chi connectivity index (χ4v) is 0.516. The maximum atomic E-state index is 12.5. The van der Waals surface area contributed by atoms with E-state index in [1.54, 1.807) is 28.2 Å². The van der Waals surface area contributed by atoms with Crippen molar-refractivity contribution in [3.05, 3.63) is 0 Å². The smallest absolute Gasteiger partial charge is 0.291 e. The summed E-state index contributed by atoms with van der Waals surface area (Å²) in [6.07, 6.45) is -0.880. The molecule has 8 heavy (non-hydrogen) atoms. The van der Waals surface area contributed by atoms with Gasteiger partial charge >= 0.3 is 0 Å². The maximum absolute atomic E-state index is 12.5. The first-order chi connectivity index (χ1) is 3.55. The number of rotatable bonds is 2. The van der Waals surface area contributed by atoms with Gasteiger partial charge in [-0.15, -0.1) is 0 Å². The Hall–Kier alpha value is -0.150. The number of nitrogens with zero attached hydrogens (tertiary/aromatic N) is 1. The van der Waals surface area contributed by atoms with E-state index >= 15 is 0 Å². The Morgan fingerprint density at radius 1 is 1.38 bits per heavy atom. The van der Waals surface area contributed by atoms with Crippen LogP contribution in [0.15, 0.2) is 0 Å². The summed E-state index contributed by atoms with van der Waals surface area (Å²) in [6.45, 7) is 0. The van der Waals surface area contributed by atoms with Crippen LogP contribution in [0.25, 0.3) is 0 Å². The van der Waals surface area contributed by atoms with E-state index in [1.165, 1.54) is 4.90 Å².